The van der Waals surface area contributed by atoms with E-state index in [9.17, 15) is 0 Å². The van der Waals surface area contributed by atoms with E-state index in [1.165, 1.54) is 129 Å². The predicted octanol–water partition coefficient (Wildman–Crippen LogP) is 4.50. The molecule has 1 aromatic carbocycles. The van der Waals surface area contributed by atoms with E-state index in [1.807, 2.05) is 7.11 Å². The normalized spacial score (nSPS) is 23.2. The molecule has 4 rings (SSSR count). The van der Waals surface area contributed by atoms with Crippen LogP contribution in [0.15, 0.2) is 18.2 Å². The van der Waals surface area contributed by atoms with Gasteiger partial charge in [0.1, 0.15) is 5.75 Å². The molecule has 1 aliphatic carbocycles. The zero-order valence-electron chi connectivity index (χ0n) is 21.9. The van der Waals surface area contributed by atoms with Gasteiger partial charge in [-0.15, -0.1) is 0 Å². The molecule has 1 atom stereocenters. The number of fused-ring (bicyclic) bond motifs is 1. The average Bonchev–Trinajstić information content (AvgIpc) is 2.89. The first-order valence-corrected chi connectivity index (χ1v) is 14.3. The summed E-state index contributed by atoms with van der Waals surface area (Å²) >= 11 is 0. The standard InChI is InChI=1S/C29H50N4O/c1-34-29-13-7-11-27-25(9-6-12-28(27)29)10-8-18-32-21-23-33(24-22-32)26-14-19-31(20-15-26)17-5-3-2-4-16-30/h7,11,13,25-26H,2-6,8-10,12,14-24,30H2,1H3. The van der Waals surface area contributed by atoms with Gasteiger partial charge in [-0.25, -0.2) is 0 Å². The smallest absolute Gasteiger partial charge is 0.122 e. The van der Waals surface area contributed by atoms with Crippen LogP contribution in [0.2, 0.25) is 0 Å². The number of nitrogens with zero attached hydrogens (tertiary/aromatic N) is 3. The lowest BCUT2D eigenvalue weighted by molar-refractivity contribution is 0.0581. The Kier molecular flexibility index (Phi) is 10.5. The minimum Gasteiger partial charge on any atom is -0.496 e. The number of likely N-dealkylation sites (tertiary alicyclic amines) is 1. The highest BCUT2D eigenvalue weighted by Gasteiger charge is 2.28. The van der Waals surface area contributed by atoms with Gasteiger partial charge in [0, 0.05) is 32.2 Å². The first kappa shape index (κ1) is 25.9. The Morgan fingerprint density at radius 2 is 1.59 bits per heavy atom. The fourth-order valence-corrected chi connectivity index (χ4v) is 6.66. The van der Waals surface area contributed by atoms with Crippen molar-refractivity contribution in [1.82, 2.24) is 14.7 Å². The molecular weight excluding hydrogens is 420 g/mol. The number of hydrogen-bond donors (Lipinski definition) is 1. The molecule has 0 amide bonds. The fraction of sp³-hybridized carbons (Fsp3) is 0.793. The second-order valence-electron chi connectivity index (χ2n) is 10.9. The van der Waals surface area contributed by atoms with Crippen molar-refractivity contribution < 1.29 is 4.74 Å². The number of nitrogens with two attached hydrogens (primary N) is 1. The van der Waals surface area contributed by atoms with E-state index >= 15 is 0 Å². The van der Waals surface area contributed by atoms with Crippen LogP contribution >= 0.6 is 0 Å². The maximum absolute atomic E-state index is 5.64. The number of ether oxygens (including phenoxy) is 1. The molecule has 0 bridgehead atoms. The molecule has 5 nitrogen and oxygen atoms in total. The first-order valence-electron chi connectivity index (χ1n) is 14.3. The van der Waals surface area contributed by atoms with Crippen molar-refractivity contribution in [3.8, 4) is 5.75 Å². The molecular formula is C29H50N4O. The summed E-state index contributed by atoms with van der Waals surface area (Å²) < 4.78 is 5.64. The van der Waals surface area contributed by atoms with Gasteiger partial charge in [-0.3, -0.25) is 4.90 Å². The van der Waals surface area contributed by atoms with E-state index < -0.39 is 0 Å². The van der Waals surface area contributed by atoms with Crippen LogP contribution in [0.1, 0.15) is 81.3 Å². The number of benzene rings is 1. The first-order chi connectivity index (χ1) is 16.8. The minimum absolute atomic E-state index is 0.728. The predicted molar refractivity (Wildman–Crippen MR) is 143 cm³/mol. The third kappa shape index (κ3) is 7.19. The Labute approximate surface area is 209 Å². The number of methoxy groups -OCH3 is 1. The van der Waals surface area contributed by atoms with E-state index in [0.29, 0.717) is 0 Å². The third-order valence-electron chi connectivity index (χ3n) is 8.74. The Bertz CT molecular complexity index is 710. The van der Waals surface area contributed by atoms with Crippen LogP contribution in [0.3, 0.4) is 0 Å². The highest BCUT2D eigenvalue weighted by Crippen LogP contribution is 2.38. The molecule has 2 aliphatic heterocycles. The van der Waals surface area contributed by atoms with Crippen LogP contribution in [-0.2, 0) is 6.42 Å². The maximum Gasteiger partial charge on any atom is 0.122 e. The largest absolute Gasteiger partial charge is 0.496 e. The van der Waals surface area contributed by atoms with Gasteiger partial charge in [-0.2, -0.15) is 0 Å². The molecule has 3 aliphatic rings. The van der Waals surface area contributed by atoms with Gasteiger partial charge in [-0.05, 0) is 114 Å². The molecule has 2 saturated heterocycles. The van der Waals surface area contributed by atoms with Gasteiger partial charge < -0.3 is 20.3 Å². The second-order valence-corrected chi connectivity index (χ2v) is 10.9. The SMILES string of the molecule is COc1cccc2c1CCCC2CCCN1CCN(C2CCN(CCCCCCN)CC2)CC1. The van der Waals surface area contributed by atoms with E-state index in [1.54, 1.807) is 5.56 Å². The summed E-state index contributed by atoms with van der Waals surface area (Å²) in [4.78, 5) is 8.23. The molecule has 5 heteroatoms. The summed E-state index contributed by atoms with van der Waals surface area (Å²) in [7, 11) is 1.81. The third-order valence-corrected chi connectivity index (χ3v) is 8.74. The van der Waals surface area contributed by atoms with Crippen molar-refractivity contribution in [3.05, 3.63) is 29.3 Å². The summed E-state index contributed by atoms with van der Waals surface area (Å²) in [5.74, 6) is 1.83. The summed E-state index contributed by atoms with van der Waals surface area (Å²) in [6.07, 6.45) is 14.4. The van der Waals surface area contributed by atoms with Crippen molar-refractivity contribution in [2.24, 2.45) is 5.73 Å². The molecule has 2 heterocycles. The highest BCUT2D eigenvalue weighted by atomic mass is 16.5. The minimum atomic E-state index is 0.728. The Morgan fingerprint density at radius 3 is 2.35 bits per heavy atom. The molecule has 2 N–H and O–H groups in total. The van der Waals surface area contributed by atoms with E-state index in [4.69, 9.17) is 10.5 Å². The number of rotatable bonds is 12. The van der Waals surface area contributed by atoms with E-state index in [-0.39, 0.29) is 0 Å². The number of piperazine rings is 1. The van der Waals surface area contributed by atoms with Crippen molar-refractivity contribution in [2.45, 2.75) is 82.6 Å². The molecule has 34 heavy (non-hydrogen) atoms. The number of unbranched alkanes of at least 4 members (excludes halogenated alkanes) is 3. The van der Waals surface area contributed by atoms with Gasteiger partial charge in [0.2, 0.25) is 0 Å². The van der Waals surface area contributed by atoms with Gasteiger partial charge in [0.05, 0.1) is 7.11 Å². The summed E-state index contributed by atoms with van der Waals surface area (Å²) in [5, 5.41) is 0. The molecule has 0 spiro atoms. The van der Waals surface area contributed by atoms with Crippen molar-refractivity contribution in [3.63, 3.8) is 0 Å². The molecule has 1 aromatic rings. The van der Waals surface area contributed by atoms with Crippen LogP contribution in [0.5, 0.6) is 5.75 Å². The van der Waals surface area contributed by atoms with Crippen molar-refractivity contribution in [1.29, 1.82) is 0 Å². The van der Waals surface area contributed by atoms with Crippen molar-refractivity contribution in [2.75, 3.05) is 66.0 Å². The lowest BCUT2D eigenvalue weighted by Crippen LogP contribution is -2.53. The van der Waals surface area contributed by atoms with Crippen LogP contribution < -0.4 is 10.5 Å². The Balaban J connectivity index is 1.11. The molecule has 0 radical (unpaired) electrons. The second kappa shape index (κ2) is 13.8. The van der Waals surface area contributed by atoms with Crippen LogP contribution in [0.4, 0.5) is 0 Å². The van der Waals surface area contributed by atoms with Crippen molar-refractivity contribution >= 4 is 0 Å². The number of piperidine rings is 1. The zero-order chi connectivity index (χ0) is 23.6. The van der Waals surface area contributed by atoms with Gasteiger partial charge in [-0.1, -0.05) is 25.0 Å². The summed E-state index contributed by atoms with van der Waals surface area (Å²) in [6, 6.07) is 7.50. The quantitative estimate of drug-likeness (QED) is 0.456. The van der Waals surface area contributed by atoms with Gasteiger partial charge >= 0.3 is 0 Å². The average molecular weight is 471 g/mol. The zero-order valence-corrected chi connectivity index (χ0v) is 21.9. The molecule has 0 saturated carbocycles. The van der Waals surface area contributed by atoms with E-state index in [2.05, 4.69) is 32.9 Å². The number of hydrogen-bond acceptors (Lipinski definition) is 5. The Morgan fingerprint density at radius 1 is 0.853 bits per heavy atom. The van der Waals surface area contributed by atoms with Gasteiger partial charge in [0.25, 0.3) is 0 Å². The highest BCUT2D eigenvalue weighted by molar-refractivity contribution is 5.43. The Hall–Kier alpha value is -1.14. The topological polar surface area (TPSA) is 45.0 Å². The van der Waals surface area contributed by atoms with Gasteiger partial charge in [0.15, 0.2) is 0 Å². The fourth-order valence-electron chi connectivity index (χ4n) is 6.66. The lowest BCUT2D eigenvalue weighted by atomic mass is 9.80. The van der Waals surface area contributed by atoms with Crippen LogP contribution in [0.25, 0.3) is 0 Å². The van der Waals surface area contributed by atoms with E-state index in [0.717, 1.165) is 24.3 Å². The molecule has 1 unspecified atom stereocenters. The monoisotopic (exact) mass is 470 g/mol. The van der Waals surface area contributed by atoms with Crippen LogP contribution in [-0.4, -0.2) is 86.8 Å². The lowest BCUT2D eigenvalue weighted by Gasteiger charge is -2.43. The summed E-state index contributed by atoms with van der Waals surface area (Å²) in [6.45, 7) is 11.1. The molecule has 0 aromatic heterocycles. The van der Waals surface area contributed by atoms with Crippen LogP contribution in [0, 0.1) is 0 Å². The molecule has 192 valence electrons. The maximum atomic E-state index is 5.64. The molecule has 2 fully saturated rings. The summed E-state index contributed by atoms with van der Waals surface area (Å²) in [5.41, 5.74) is 8.65.